The lowest BCUT2D eigenvalue weighted by Crippen LogP contribution is -2.10. The Balaban J connectivity index is 2.43. The fourth-order valence-electron chi connectivity index (χ4n) is 1.73. The van der Waals surface area contributed by atoms with E-state index in [-0.39, 0.29) is 10.2 Å². The van der Waals surface area contributed by atoms with Crippen LogP contribution in [0.5, 0.6) is 6.01 Å². The van der Waals surface area contributed by atoms with Crippen molar-refractivity contribution in [2.75, 3.05) is 7.11 Å². The monoisotopic (exact) mass is 275 g/mol. The molecule has 1 aromatic carbocycles. The summed E-state index contributed by atoms with van der Waals surface area (Å²) >= 11 is 5.02. The van der Waals surface area contributed by atoms with Gasteiger partial charge in [0.05, 0.1) is 7.11 Å². The molecule has 0 bridgehead atoms. The predicted octanol–water partition coefficient (Wildman–Crippen LogP) is 3.51. The zero-order valence-electron chi connectivity index (χ0n) is 11.5. The predicted molar refractivity (Wildman–Crippen MR) is 77.9 cm³/mol. The third-order valence-corrected chi connectivity index (χ3v) is 3.03. The van der Waals surface area contributed by atoms with Crippen LogP contribution in [0.1, 0.15) is 26.3 Å². The van der Waals surface area contributed by atoms with Gasteiger partial charge in [0.25, 0.3) is 6.01 Å². The summed E-state index contributed by atoms with van der Waals surface area (Å²) in [5, 5.41) is 0. The first kappa shape index (κ1) is 13.7. The number of hydrogen-bond donors (Lipinski definition) is 1. The van der Waals surface area contributed by atoms with E-state index >= 15 is 0 Å². The van der Waals surface area contributed by atoms with Gasteiger partial charge in [0.15, 0.2) is 0 Å². The van der Waals surface area contributed by atoms with Gasteiger partial charge in [-0.3, -0.25) is 4.98 Å². The Morgan fingerprint density at radius 3 is 2.26 bits per heavy atom. The van der Waals surface area contributed by atoms with Gasteiger partial charge < -0.3 is 4.74 Å². The van der Waals surface area contributed by atoms with Crippen molar-refractivity contribution in [1.82, 2.24) is 15.0 Å². The quantitative estimate of drug-likeness (QED) is 0.852. The van der Waals surface area contributed by atoms with E-state index in [9.17, 15) is 0 Å². The zero-order valence-corrected chi connectivity index (χ0v) is 12.3. The maximum absolute atomic E-state index is 5.06. The molecule has 0 fully saturated rings. The molecule has 0 aliphatic carbocycles. The van der Waals surface area contributed by atoms with Crippen molar-refractivity contribution in [3.8, 4) is 17.4 Å². The number of aromatic amines is 1. The highest BCUT2D eigenvalue weighted by atomic mass is 32.1. The van der Waals surface area contributed by atoms with Crippen molar-refractivity contribution >= 4 is 12.2 Å². The van der Waals surface area contributed by atoms with Crippen molar-refractivity contribution in [2.24, 2.45) is 0 Å². The topological polar surface area (TPSA) is 50.8 Å². The fourth-order valence-corrected chi connectivity index (χ4v) is 1.90. The van der Waals surface area contributed by atoms with Gasteiger partial charge in [-0.2, -0.15) is 4.98 Å². The first-order valence-corrected chi connectivity index (χ1v) is 6.44. The molecular formula is C14H17N3OS. The summed E-state index contributed by atoms with van der Waals surface area (Å²) in [6, 6.07) is 8.61. The maximum Gasteiger partial charge on any atom is 0.297 e. The van der Waals surface area contributed by atoms with Gasteiger partial charge in [0.2, 0.25) is 4.77 Å². The van der Waals surface area contributed by atoms with Gasteiger partial charge in [-0.15, -0.1) is 0 Å². The van der Waals surface area contributed by atoms with E-state index < -0.39 is 0 Å². The number of nitrogens with zero attached hydrogens (tertiary/aromatic N) is 2. The first-order chi connectivity index (χ1) is 8.90. The highest BCUT2D eigenvalue weighted by molar-refractivity contribution is 7.71. The van der Waals surface area contributed by atoms with Gasteiger partial charge in [-0.1, -0.05) is 45.0 Å². The Labute approximate surface area is 117 Å². The SMILES string of the molecule is COc1nc(=S)nc(-c2ccc(C(C)(C)C)cc2)[nH]1. The fraction of sp³-hybridized carbons (Fsp3) is 0.357. The summed E-state index contributed by atoms with van der Waals surface area (Å²) < 4.78 is 5.33. The molecular weight excluding hydrogens is 258 g/mol. The third kappa shape index (κ3) is 3.17. The lowest BCUT2D eigenvalue weighted by molar-refractivity contribution is 0.378. The van der Waals surface area contributed by atoms with Crippen molar-refractivity contribution in [1.29, 1.82) is 0 Å². The molecule has 1 aromatic heterocycles. The molecule has 0 spiro atoms. The summed E-state index contributed by atoms with van der Waals surface area (Å²) in [6.45, 7) is 6.55. The van der Waals surface area contributed by atoms with Crippen molar-refractivity contribution in [3.63, 3.8) is 0 Å². The highest BCUT2D eigenvalue weighted by Crippen LogP contribution is 2.24. The maximum atomic E-state index is 5.06. The summed E-state index contributed by atoms with van der Waals surface area (Å²) in [5.41, 5.74) is 2.37. The van der Waals surface area contributed by atoms with Gasteiger partial charge in [-0.25, -0.2) is 4.98 Å². The van der Waals surface area contributed by atoms with Gasteiger partial charge in [-0.05, 0) is 23.2 Å². The number of H-pyrrole nitrogens is 1. The average molecular weight is 275 g/mol. The van der Waals surface area contributed by atoms with E-state index in [1.807, 2.05) is 12.1 Å². The van der Waals surface area contributed by atoms with E-state index in [1.54, 1.807) is 7.11 Å². The zero-order chi connectivity index (χ0) is 14.0. The Hall–Kier alpha value is -1.75. The number of methoxy groups -OCH3 is 1. The Bertz CT molecular complexity index is 626. The van der Waals surface area contributed by atoms with Crippen molar-refractivity contribution in [2.45, 2.75) is 26.2 Å². The van der Waals surface area contributed by atoms with Crippen LogP contribution in [-0.2, 0) is 5.41 Å². The van der Waals surface area contributed by atoms with Gasteiger partial charge >= 0.3 is 0 Å². The lowest BCUT2D eigenvalue weighted by atomic mass is 9.87. The number of benzene rings is 1. The van der Waals surface area contributed by atoms with E-state index in [0.717, 1.165) is 5.56 Å². The molecule has 0 atom stereocenters. The second kappa shape index (κ2) is 5.09. The Kier molecular flexibility index (Phi) is 3.66. The van der Waals surface area contributed by atoms with E-state index in [2.05, 4.69) is 47.9 Å². The Morgan fingerprint density at radius 2 is 1.74 bits per heavy atom. The molecule has 1 N–H and O–H groups in total. The standard InChI is InChI=1S/C14H17N3OS/c1-14(2,3)10-7-5-9(6-8-10)11-15-12(18-4)17-13(19)16-11/h5-8H,1-4H3,(H,15,16,17,19). The lowest BCUT2D eigenvalue weighted by Gasteiger charge is -2.19. The molecule has 0 saturated heterocycles. The molecule has 0 aliphatic rings. The number of rotatable bonds is 2. The molecule has 0 aliphatic heterocycles. The smallest absolute Gasteiger partial charge is 0.297 e. The number of aromatic nitrogens is 3. The summed E-state index contributed by atoms with van der Waals surface area (Å²) in [5.74, 6) is 0.664. The highest BCUT2D eigenvalue weighted by Gasteiger charge is 2.13. The van der Waals surface area contributed by atoms with Crippen molar-refractivity contribution < 1.29 is 4.74 Å². The molecule has 0 radical (unpaired) electrons. The van der Waals surface area contributed by atoms with Gasteiger partial charge in [0, 0.05) is 5.56 Å². The van der Waals surface area contributed by atoms with Crippen LogP contribution in [0.2, 0.25) is 0 Å². The molecule has 2 aromatic rings. The number of hydrogen-bond acceptors (Lipinski definition) is 4. The van der Waals surface area contributed by atoms with Crippen LogP contribution in [0.4, 0.5) is 0 Å². The number of nitrogens with one attached hydrogen (secondary N) is 1. The second-order valence-electron chi connectivity index (χ2n) is 5.32. The summed E-state index contributed by atoms with van der Waals surface area (Å²) in [7, 11) is 1.54. The third-order valence-electron chi connectivity index (χ3n) is 2.85. The molecule has 2 rings (SSSR count). The van der Waals surface area contributed by atoms with Crippen LogP contribution in [0.15, 0.2) is 24.3 Å². The normalized spacial score (nSPS) is 11.4. The molecule has 0 unspecified atom stereocenters. The average Bonchev–Trinajstić information content (AvgIpc) is 2.37. The molecule has 5 heteroatoms. The molecule has 0 saturated carbocycles. The Morgan fingerprint density at radius 1 is 1.11 bits per heavy atom. The van der Waals surface area contributed by atoms with E-state index in [4.69, 9.17) is 17.0 Å². The molecule has 4 nitrogen and oxygen atoms in total. The van der Waals surface area contributed by atoms with Crippen LogP contribution < -0.4 is 4.74 Å². The van der Waals surface area contributed by atoms with Crippen molar-refractivity contribution in [3.05, 3.63) is 34.6 Å². The van der Waals surface area contributed by atoms with Crippen LogP contribution >= 0.6 is 12.2 Å². The summed E-state index contributed by atoms with van der Waals surface area (Å²) in [4.78, 5) is 11.2. The van der Waals surface area contributed by atoms with E-state index in [1.165, 1.54) is 5.56 Å². The van der Waals surface area contributed by atoms with Crippen LogP contribution in [0.3, 0.4) is 0 Å². The minimum atomic E-state index is 0.134. The van der Waals surface area contributed by atoms with Crippen LogP contribution in [-0.4, -0.2) is 22.1 Å². The second-order valence-corrected chi connectivity index (χ2v) is 5.68. The summed E-state index contributed by atoms with van der Waals surface area (Å²) in [6.07, 6.45) is 0. The van der Waals surface area contributed by atoms with Crippen LogP contribution in [0, 0.1) is 4.77 Å². The van der Waals surface area contributed by atoms with E-state index in [0.29, 0.717) is 11.8 Å². The molecule has 0 amide bonds. The first-order valence-electron chi connectivity index (χ1n) is 6.03. The van der Waals surface area contributed by atoms with Gasteiger partial charge in [0.1, 0.15) is 5.82 Å². The molecule has 100 valence electrons. The molecule has 1 heterocycles. The largest absolute Gasteiger partial charge is 0.468 e. The number of ether oxygens (including phenoxy) is 1. The minimum Gasteiger partial charge on any atom is -0.468 e. The minimum absolute atomic E-state index is 0.134. The van der Waals surface area contributed by atoms with Crippen LogP contribution in [0.25, 0.3) is 11.4 Å². The molecule has 19 heavy (non-hydrogen) atoms.